The summed E-state index contributed by atoms with van der Waals surface area (Å²) in [7, 11) is 0. The Bertz CT molecular complexity index is 893. The van der Waals surface area contributed by atoms with Gasteiger partial charge in [0, 0.05) is 36.7 Å². The van der Waals surface area contributed by atoms with Crippen molar-refractivity contribution in [1.29, 1.82) is 0 Å². The van der Waals surface area contributed by atoms with Crippen molar-refractivity contribution in [2.75, 3.05) is 24.6 Å². The molecule has 0 spiro atoms. The molecule has 1 fully saturated rings. The molecule has 2 aliphatic heterocycles. The molecule has 0 radical (unpaired) electrons. The van der Waals surface area contributed by atoms with Crippen molar-refractivity contribution in [3.8, 4) is 5.75 Å². The maximum Gasteiger partial charge on any atom is 0.227 e. The lowest BCUT2D eigenvalue weighted by Crippen LogP contribution is -2.35. The summed E-state index contributed by atoms with van der Waals surface area (Å²) in [6, 6.07) is 13.9. The molecule has 2 amide bonds. The molecular weight excluding hydrogens is 340 g/mol. The van der Waals surface area contributed by atoms with Crippen molar-refractivity contribution in [3.05, 3.63) is 59.2 Å². The van der Waals surface area contributed by atoms with E-state index in [1.54, 1.807) is 4.90 Å². The lowest BCUT2D eigenvalue weighted by molar-refractivity contribution is -0.126. The van der Waals surface area contributed by atoms with Crippen LogP contribution in [-0.2, 0) is 9.59 Å². The number of ether oxygens (including phenoxy) is 1. The fourth-order valence-corrected chi connectivity index (χ4v) is 3.79. The number of rotatable bonds is 4. The second kappa shape index (κ2) is 7.06. The molecule has 4 rings (SSSR count). The Morgan fingerprint density at radius 2 is 2.00 bits per heavy atom. The summed E-state index contributed by atoms with van der Waals surface area (Å²) in [5, 5.41) is 3.02. The van der Waals surface area contributed by atoms with Gasteiger partial charge in [0.15, 0.2) is 0 Å². The molecule has 0 aromatic heterocycles. The number of carbonyl (C=O) groups is 2. The zero-order valence-electron chi connectivity index (χ0n) is 15.7. The third-order valence-electron chi connectivity index (χ3n) is 5.62. The van der Waals surface area contributed by atoms with Gasteiger partial charge in [-0.05, 0) is 43.2 Å². The molecule has 2 aromatic rings. The average molecular weight is 364 g/mol. The van der Waals surface area contributed by atoms with Crippen LogP contribution in [0.1, 0.15) is 29.0 Å². The minimum absolute atomic E-state index is 0.00736. The standard InChI is InChI=1S/C22H24N2O3/c1-14-7-8-18(9-15(14)2)24-12-16(10-21(24)25)22(26)23-11-17-13-27-20-6-4-3-5-19(17)20/h3-9,16-17H,10-13H2,1-2H3,(H,23,26). The highest BCUT2D eigenvalue weighted by Crippen LogP contribution is 2.33. The topological polar surface area (TPSA) is 58.6 Å². The van der Waals surface area contributed by atoms with Crippen LogP contribution in [0.5, 0.6) is 5.75 Å². The van der Waals surface area contributed by atoms with E-state index < -0.39 is 0 Å². The Morgan fingerprint density at radius 3 is 2.81 bits per heavy atom. The number of carbonyl (C=O) groups excluding carboxylic acids is 2. The number of para-hydroxylation sites is 1. The van der Waals surface area contributed by atoms with E-state index in [0.29, 0.717) is 19.7 Å². The number of fused-ring (bicyclic) bond motifs is 1. The van der Waals surface area contributed by atoms with Crippen molar-refractivity contribution >= 4 is 17.5 Å². The van der Waals surface area contributed by atoms with Crippen LogP contribution in [0.25, 0.3) is 0 Å². The molecule has 0 bridgehead atoms. The summed E-state index contributed by atoms with van der Waals surface area (Å²) in [6.07, 6.45) is 0.260. The molecular formula is C22H24N2O3. The lowest BCUT2D eigenvalue weighted by Gasteiger charge is -2.18. The van der Waals surface area contributed by atoms with Crippen LogP contribution in [0.2, 0.25) is 0 Å². The highest BCUT2D eigenvalue weighted by Gasteiger charge is 2.35. The maximum atomic E-state index is 12.6. The number of nitrogens with zero attached hydrogens (tertiary/aromatic N) is 1. The number of anilines is 1. The summed E-state index contributed by atoms with van der Waals surface area (Å²) in [5.41, 5.74) is 4.35. The molecule has 27 heavy (non-hydrogen) atoms. The molecule has 2 atom stereocenters. The van der Waals surface area contributed by atoms with E-state index in [4.69, 9.17) is 4.74 Å². The van der Waals surface area contributed by atoms with Crippen LogP contribution in [0.4, 0.5) is 5.69 Å². The number of hydrogen-bond acceptors (Lipinski definition) is 3. The number of aryl methyl sites for hydroxylation is 2. The van der Waals surface area contributed by atoms with Gasteiger partial charge in [0.2, 0.25) is 11.8 Å². The van der Waals surface area contributed by atoms with Crippen LogP contribution in [0.3, 0.4) is 0 Å². The maximum absolute atomic E-state index is 12.6. The Kier molecular flexibility index (Phi) is 4.60. The van der Waals surface area contributed by atoms with Gasteiger partial charge in [-0.2, -0.15) is 0 Å². The number of nitrogens with one attached hydrogen (secondary N) is 1. The zero-order valence-corrected chi connectivity index (χ0v) is 15.7. The fourth-order valence-electron chi connectivity index (χ4n) is 3.79. The first kappa shape index (κ1) is 17.6. The van der Waals surface area contributed by atoms with Gasteiger partial charge in [-0.1, -0.05) is 24.3 Å². The summed E-state index contributed by atoms with van der Waals surface area (Å²) in [4.78, 5) is 26.8. The zero-order chi connectivity index (χ0) is 19.0. The Morgan fingerprint density at radius 1 is 1.19 bits per heavy atom. The quantitative estimate of drug-likeness (QED) is 0.907. The van der Waals surface area contributed by atoms with E-state index >= 15 is 0 Å². The van der Waals surface area contributed by atoms with Gasteiger partial charge < -0.3 is 15.0 Å². The molecule has 1 saturated heterocycles. The summed E-state index contributed by atoms with van der Waals surface area (Å²) < 4.78 is 5.67. The lowest BCUT2D eigenvalue weighted by atomic mass is 10.0. The van der Waals surface area contributed by atoms with Gasteiger partial charge in [-0.3, -0.25) is 9.59 Å². The second-order valence-corrected chi connectivity index (χ2v) is 7.46. The Balaban J connectivity index is 1.37. The van der Waals surface area contributed by atoms with Gasteiger partial charge in [-0.25, -0.2) is 0 Å². The van der Waals surface area contributed by atoms with Gasteiger partial charge in [0.25, 0.3) is 0 Å². The number of amides is 2. The van der Waals surface area contributed by atoms with E-state index in [9.17, 15) is 9.59 Å². The van der Waals surface area contributed by atoms with Gasteiger partial charge in [0.05, 0.1) is 12.5 Å². The first-order chi connectivity index (χ1) is 13.0. The SMILES string of the molecule is Cc1ccc(N2CC(C(=O)NCC3COc4ccccc43)CC2=O)cc1C. The van der Waals surface area contributed by atoms with Gasteiger partial charge in [-0.15, -0.1) is 0 Å². The minimum Gasteiger partial charge on any atom is -0.493 e. The van der Waals surface area contributed by atoms with Crippen molar-refractivity contribution in [3.63, 3.8) is 0 Å². The highest BCUT2D eigenvalue weighted by molar-refractivity contribution is 6.00. The monoisotopic (exact) mass is 364 g/mol. The molecule has 140 valence electrons. The molecule has 2 unspecified atom stereocenters. The molecule has 2 aromatic carbocycles. The summed E-state index contributed by atoms with van der Waals surface area (Å²) >= 11 is 0. The van der Waals surface area contributed by atoms with Crippen LogP contribution >= 0.6 is 0 Å². The molecule has 0 saturated carbocycles. The minimum atomic E-state index is -0.309. The van der Waals surface area contributed by atoms with Crippen molar-refractivity contribution < 1.29 is 14.3 Å². The fraction of sp³-hybridized carbons (Fsp3) is 0.364. The van der Waals surface area contributed by atoms with Crippen LogP contribution in [0, 0.1) is 19.8 Å². The van der Waals surface area contributed by atoms with E-state index in [1.807, 2.05) is 56.3 Å². The molecule has 2 heterocycles. The summed E-state index contributed by atoms with van der Waals surface area (Å²) in [6.45, 7) is 5.63. The predicted molar refractivity (Wildman–Crippen MR) is 104 cm³/mol. The summed E-state index contributed by atoms with van der Waals surface area (Å²) in [5.74, 6) is 0.704. The van der Waals surface area contributed by atoms with Crippen molar-refractivity contribution in [1.82, 2.24) is 5.32 Å². The molecule has 1 N–H and O–H groups in total. The second-order valence-electron chi connectivity index (χ2n) is 7.46. The molecule has 0 aliphatic carbocycles. The molecule has 2 aliphatic rings. The van der Waals surface area contributed by atoms with Crippen LogP contribution in [-0.4, -0.2) is 31.5 Å². The molecule has 5 heteroatoms. The first-order valence-electron chi connectivity index (χ1n) is 9.40. The van der Waals surface area contributed by atoms with E-state index in [2.05, 4.69) is 5.32 Å². The van der Waals surface area contributed by atoms with Gasteiger partial charge >= 0.3 is 0 Å². The predicted octanol–water partition coefficient (Wildman–Crippen LogP) is 2.95. The third kappa shape index (κ3) is 3.42. The van der Waals surface area contributed by atoms with Crippen molar-refractivity contribution in [2.24, 2.45) is 5.92 Å². The van der Waals surface area contributed by atoms with Crippen molar-refractivity contribution in [2.45, 2.75) is 26.2 Å². The van der Waals surface area contributed by atoms with Crippen LogP contribution < -0.4 is 15.0 Å². The third-order valence-corrected chi connectivity index (χ3v) is 5.62. The molecule has 5 nitrogen and oxygen atoms in total. The van der Waals surface area contributed by atoms with E-state index in [0.717, 1.165) is 22.6 Å². The first-order valence-corrected chi connectivity index (χ1v) is 9.40. The largest absolute Gasteiger partial charge is 0.493 e. The van der Waals surface area contributed by atoms with E-state index in [-0.39, 0.29) is 30.1 Å². The Labute approximate surface area is 159 Å². The number of hydrogen-bond donors (Lipinski definition) is 1. The number of benzene rings is 2. The Hall–Kier alpha value is -2.82. The van der Waals surface area contributed by atoms with Crippen LogP contribution in [0.15, 0.2) is 42.5 Å². The average Bonchev–Trinajstić information content (AvgIpc) is 3.26. The normalized spacial score (nSPS) is 21.1. The smallest absolute Gasteiger partial charge is 0.227 e. The van der Waals surface area contributed by atoms with E-state index in [1.165, 1.54) is 5.56 Å². The van der Waals surface area contributed by atoms with Gasteiger partial charge in [0.1, 0.15) is 5.75 Å². The highest BCUT2D eigenvalue weighted by atomic mass is 16.5.